The van der Waals surface area contributed by atoms with Crippen molar-refractivity contribution in [3.63, 3.8) is 0 Å². The molecule has 2 atom stereocenters. The number of hydrogen-bond acceptors (Lipinski definition) is 2. The minimum absolute atomic E-state index is 1.02. The van der Waals surface area contributed by atoms with Gasteiger partial charge < -0.3 is 9.84 Å². The summed E-state index contributed by atoms with van der Waals surface area (Å²) in [6.45, 7) is 19.6. The van der Waals surface area contributed by atoms with Gasteiger partial charge >= 0.3 is 0 Å². The standard InChI is InChI=1S/C28H44O2Si3/c1-12-27(29,21-25-32(13-2,14-3)15-4)19-20-28(30-8,22-24-31(9,10)11)23-26-33(16-5,17-6)18-7/h1,29H,13-18H2,2-11H3. The Labute approximate surface area is 208 Å². The zero-order valence-electron chi connectivity index (χ0n) is 22.7. The lowest BCUT2D eigenvalue weighted by Gasteiger charge is -2.22. The molecule has 0 radical (unpaired) electrons. The summed E-state index contributed by atoms with van der Waals surface area (Å²) in [6, 6.07) is 6.27. The average molecular weight is 497 g/mol. The van der Waals surface area contributed by atoms with Crippen LogP contribution in [0.15, 0.2) is 0 Å². The van der Waals surface area contributed by atoms with Crippen LogP contribution >= 0.6 is 0 Å². The molecule has 2 unspecified atom stereocenters. The number of terminal acetylenes is 1. The monoisotopic (exact) mass is 496 g/mol. The maximum Gasteiger partial charge on any atom is 0.252 e. The molecule has 0 aliphatic carbocycles. The third-order valence-corrected chi connectivity index (χ3v) is 16.9. The van der Waals surface area contributed by atoms with Gasteiger partial charge in [-0.3, -0.25) is 0 Å². The first-order valence-electron chi connectivity index (χ1n) is 12.2. The second-order valence-corrected chi connectivity index (χ2v) is 24.3. The third kappa shape index (κ3) is 9.63. The summed E-state index contributed by atoms with van der Waals surface area (Å²) in [5, 5.41) is 11.0. The van der Waals surface area contributed by atoms with Crippen LogP contribution in [-0.4, -0.2) is 47.6 Å². The highest BCUT2D eigenvalue weighted by atomic mass is 28.3. The molecule has 0 heterocycles. The van der Waals surface area contributed by atoms with Gasteiger partial charge in [0.15, 0.2) is 0 Å². The summed E-state index contributed by atoms with van der Waals surface area (Å²) in [5.74, 6) is 17.7. The summed E-state index contributed by atoms with van der Waals surface area (Å²) in [4.78, 5) is 0. The first kappa shape index (κ1) is 31.4. The first-order valence-corrected chi connectivity index (χ1v) is 21.0. The van der Waals surface area contributed by atoms with E-state index in [4.69, 9.17) is 11.2 Å². The summed E-state index contributed by atoms with van der Waals surface area (Å²) < 4.78 is 5.82. The van der Waals surface area contributed by atoms with Gasteiger partial charge in [-0.25, -0.2) is 0 Å². The Bertz CT molecular complexity index is 916. The molecule has 0 aromatic rings. The SMILES string of the molecule is C#CC(O)(C#CC(C#C[Si](C)(C)C)(C#C[Si](CC)(CC)CC)OC)C#C[Si](CC)(CC)CC. The predicted molar refractivity (Wildman–Crippen MR) is 152 cm³/mol. The van der Waals surface area contributed by atoms with Crippen molar-refractivity contribution in [3.05, 3.63) is 0 Å². The van der Waals surface area contributed by atoms with E-state index in [2.05, 4.69) is 113 Å². The molecule has 2 nitrogen and oxygen atoms in total. The van der Waals surface area contributed by atoms with Gasteiger partial charge in [0, 0.05) is 7.11 Å². The van der Waals surface area contributed by atoms with E-state index in [9.17, 15) is 5.11 Å². The van der Waals surface area contributed by atoms with Crippen LogP contribution in [0.3, 0.4) is 0 Å². The van der Waals surface area contributed by atoms with Crippen LogP contribution in [0.1, 0.15) is 41.5 Å². The normalized spacial score (nSPS) is 14.8. The molecule has 1 N–H and O–H groups in total. The Balaban J connectivity index is 6.82. The van der Waals surface area contributed by atoms with E-state index in [1.807, 2.05) is 0 Å². The van der Waals surface area contributed by atoms with Crippen molar-refractivity contribution >= 4 is 24.2 Å². The Morgan fingerprint density at radius 3 is 1.39 bits per heavy atom. The molecule has 0 saturated heterocycles. The van der Waals surface area contributed by atoms with Crippen molar-refractivity contribution in [2.45, 2.75) is 109 Å². The van der Waals surface area contributed by atoms with Crippen molar-refractivity contribution in [2.24, 2.45) is 0 Å². The Kier molecular flexibility index (Phi) is 12.7. The van der Waals surface area contributed by atoms with Gasteiger partial charge in [-0.15, -0.1) is 23.1 Å². The summed E-state index contributed by atoms with van der Waals surface area (Å²) >= 11 is 0. The van der Waals surface area contributed by atoms with Gasteiger partial charge in [0.25, 0.3) is 11.2 Å². The minimum Gasteiger partial charge on any atom is -0.357 e. The summed E-state index contributed by atoms with van der Waals surface area (Å²) in [7, 11) is -3.67. The van der Waals surface area contributed by atoms with Crippen LogP contribution in [0.4, 0.5) is 0 Å². The number of hydrogen-bond donors (Lipinski definition) is 1. The fourth-order valence-corrected chi connectivity index (χ4v) is 8.78. The topological polar surface area (TPSA) is 29.5 Å². The molecule has 5 heteroatoms. The lowest BCUT2D eigenvalue weighted by molar-refractivity contribution is 0.138. The van der Waals surface area contributed by atoms with E-state index >= 15 is 0 Å². The quantitative estimate of drug-likeness (QED) is 0.361. The van der Waals surface area contributed by atoms with E-state index in [0.717, 1.165) is 36.3 Å². The second kappa shape index (κ2) is 13.3. The molecule has 0 spiro atoms. The van der Waals surface area contributed by atoms with Gasteiger partial charge in [-0.05, 0) is 71.8 Å². The zero-order chi connectivity index (χ0) is 25.8. The number of methoxy groups -OCH3 is 1. The van der Waals surface area contributed by atoms with Crippen molar-refractivity contribution in [1.29, 1.82) is 0 Å². The minimum atomic E-state index is -1.85. The number of ether oxygens (including phenoxy) is 1. The van der Waals surface area contributed by atoms with E-state index in [-0.39, 0.29) is 0 Å². The zero-order valence-corrected chi connectivity index (χ0v) is 25.7. The molecule has 0 fully saturated rings. The predicted octanol–water partition coefficient (Wildman–Crippen LogP) is 5.72. The Hall–Kier alpha value is -1.63. The van der Waals surface area contributed by atoms with Crippen molar-refractivity contribution in [1.82, 2.24) is 0 Å². The average Bonchev–Trinajstić information content (AvgIpc) is 2.82. The van der Waals surface area contributed by atoms with Crippen LogP contribution in [0, 0.1) is 58.6 Å². The maximum atomic E-state index is 11.0. The summed E-state index contributed by atoms with van der Waals surface area (Å²) in [5.41, 5.74) is 7.14. The van der Waals surface area contributed by atoms with Crippen molar-refractivity contribution in [2.75, 3.05) is 7.11 Å². The smallest absolute Gasteiger partial charge is 0.252 e. The largest absolute Gasteiger partial charge is 0.357 e. The second-order valence-electron chi connectivity index (χ2n) is 9.67. The van der Waals surface area contributed by atoms with Crippen LogP contribution in [0.2, 0.25) is 55.9 Å². The van der Waals surface area contributed by atoms with E-state index in [1.165, 1.54) is 0 Å². The fraction of sp³-hybridized carbons (Fsp3) is 0.643. The molecule has 0 amide bonds. The third-order valence-electron chi connectivity index (χ3n) is 6.62. The van der Waals surface area contributed by atoms with Gasteiger partial charge in [0.1, 0.15) is 24.2 Å². The molecule has 0 aromatic carbocycles. The molecule has 180 valence electrons. The van der Waals surface area contributed by atoms with Crippen LogP contribution < -0.4 is 0 Å². The van der Waals surface area contributed by atoms with Gasteiger partial charge in [-0.1, -0.05) is 61.2 Å². The first-order chi connectivity index (χ1) is 15.3. The van der Waals surface area contributed by atoms with Gasteiger partial charge in [0.2, 0.25) is 0 Å². The number of aliphatic hydroxyl groups is 1. The molecule has 0 aliphatic heterocycles. The molecule has 0 saturated carbocycles. The molecule has 0 aliphatic rings. The highest BCUT2D eigenvalue weighted by Gasteiger charge is 2.30. The van der Waals surface area contributed by atoms with Crippen molar-refractivity contribution in [3.8, 4) is 58.6 Å². The van der Waals surface area contributed by atoms with E-state index in [1.54, 1.807) is 7.11 Å². The molecule has 0 aromatic heterocycles. The molecular formula is C28H44O2Si3. The molecule has 33 heavy (non-hydrogen) atoms. The summed E-state index contributed by atoms with van der Waals surface area (Å²) in [6.07, 6.45) is 5.69. The molecular weight excluding hydrogens is 453 g/mol. The molecule has 0 rings (SSSR count). The lowest BCUT2D eigenvalue weighted by atomic mass is 10.0. The Morgan fingerprint density at radius 1 is 0.667 bits per heavy atom. The Morgan fingerprint density at radius 2 is 1.06 bits per heavy atom. The highest BCUT2D eigenvalue weighted by Crippen LogP contribution is 2.21. The number of rotatable bonds is 7. The van der Waals surface area contributed by atoms with Crippen LogP contribution in [-0.2, 0) is 4.74 Å². The fourth-order valence-electron chi connectivity index (χ4n) is 3.28. The van der Waals surface area contributed by atoms with Gasteiger partial charge in [0.05, 0.1) is 0 Å². The van der Waals surface area contributed by atoms with Crippen LogP contribution in [0.25, 0.3) is 0 Å². The van der Waals surface area contributed by atoms with Gasteiger partial charge in [-0.2, -0.15) is 0 Å². The van der Waals surface area contributed by atoms with Crippen LogP contribution in [0.5, 0.6) is 0 Å². The van der Waals surface area contributed by atoms with E-state index in [0.29, 0.717) is 0 Å². The maximum absolute atomic E-state index is 11.0. The van der Waals surface area contributed by atoms with E-state index < -0.39 is 35.4 Å². The molecule has 0 bridgehead atoms. The lowest BCUT2D eigenvalue weighted by Crippen LogP contribution is -2.34. The highest BCUT2D eigenvalue weighted by molar-refractivity contribution is 6.87. The van der Waals surface area contributed by atoms with Crippen molar-refractivity contribution < 1.29 is 9.84 Å².